The van der Waals surface area contributed by atoms with E-state index in [0.717, 1.165) is 23.0 Å². The first-order chi connectivity index (χ1) is 11.9. The summed E-state index contributed by atoms with van der Waals surface area (Å²) in [6.07, 6.45) is 0. The summed E-state index contributed by atoms with van der Waals surface area (Å²) in [6, 6.07) is 0. The Morgan fingerprint density at radius 2 is 0.615 bits per heavy atom. The third kappa shape index (κ3) is 7.09. The highest BCUT2D eigenvalue weighted by Crippen LogP contribution is 2.19. The largest absolute Gasteiger partial charge is 0.138 e. The second-order valence-corrected chi connectivity index (χ2v) is 39.7. The molecule has 0 aromatic carbocycles. The SMILES string of the molecule is C[Si]1(C)C#CCSCC#C[Si](C)(C)[Si](C)(C)C#CCSCC#C[Si]1(C)C. The van der Waals surface area contributed by atoms with Gasteiger partial charge < -0.3 is 0 Å². The monoisotopic (exact) mass is 448 g/mol. The van der Waals surface area contributed by atoms with E-state index in [0.29, 0.717) is 0 Å². The smallest absolute Gasteiger partial charge is 0.136 e. The van der Waals surface area contributed by atoms with Gasteiger partial charge in [0.25, 0.3) is 0 Å². The summed E-state index contributed by atoms with van der Waals surface area (Å²) in [4.78, 5) is 0. The molecule has 0 aromatic heterocycles. The summed E-state index contributed by atoms with van der Waals surface area (Å²) in [7, 11) is -6.30. The third-order valence-corrected chi connectivity index (χ3v) is 36.5. The highest BCUT2D eigenvalue weighted by molar-refractivity contribution is 7.99. The fourth-order valence-corrected chi connectivity index (χ4v) is 11.6. The van der Waals surface area contributed by atoms with Crippen LogP contribution in [0.2, 0.25) is 52.4 Å². The summed E-state index contributed by atoms with van der Waals surface area (Å²) in [5.41, 5.74) is 14.6. The maximum atomic E-state index is 3.65. The molecule has 0 nitrogen and oxygen atoms in total. The molecule has 6 heteroatoms. The van der Waals surface area contributed by atoms with Crippen molar-refractivity contribution in [1.29, 1.82) is 0 Å². The molecule has 1 rings (SSSR count). The first-order valence-electron chi connectivity index (χ1n) is 9.07. The second kappa shape index (κ2) is 9.84. The summed E-state index contributed by atoms with van der Waals surface area (Å²) in [5.74, 6) is 17.3. The summed E-state index contributed by atoms with van der Waals surface area (Å²) in [5, 5.41) is 0. The Morgan fingerprint density at radius 3 is 0.808 bits per heavy atom. The van der Waals surface area contributed by atoms with Crippen LogP contribution in [0, 0.1) is 45.9 Å². The normalized spacial score (nSPS) is 23.7. The lowest BCUT2D eigenvalue weighted by atomic mass is 10.8. The van der Waals surface area contributed by atoms with Crippen LogP contribution < -0.4 is 0 Å². The van der Waals surface area contributed by atoms with Gasteiger partial charge >= 0.3 is 0 Å². The van der Waals surface area contributed by atoms with Gasteiger partial charge in [-0.05, 0) is 0 Å². The molecule has 0 bridgehead atoms. The molecular formula is C20H32S2Si4. The minimum Gasteiger partial charge on any atom is -0.136 e. The van der Waals surface area contributed by atoms with Crippen LogP contribution in [0.4, 0.5) is 0 Å². The van der Waals surface area contributed by atoms with Gasteiger partial charge in [-0.15, -0.1) is 45.7 Å². The predicted octanol–water partition coefficient (Wildman–Crippen LogP) is 4.63. The molecular weight excluding hydrogens is 417 g/mol. The van der Waals surface area contributed by atoms with Crippen molar-refractivity contribution >= 4 is 53.9 Å². The third-order valence-electron chi connectivity index (χ3n) is 5.43. The van der Waals surface area contributed by atoms with E-state index in [2.05, 4.69) is 98.2 Å². The fourth-order valence-electron chi connectivity index (χ4n) is 1.96. The second-order valence-electron chi connectivity index (χ2n) is 8.69. The quantitative estimate of drug-likeness (QED) is 0.391. The van der Waals surface area contributed by atoms with E-state index in [4.69, 9.17) is 0 Å². The molecule has 1 aliphatic rings. The first-order valence-corrected chi connectivity index (χ1v) is 25.4. The Balaban J connectivity index is 3.05. The van der Waals surface area contributed by atoms with Crippen molar-refractivity contribution in [1.82, 2.24) is 0 Å². The van der Waals surface area contributed by atoms with E-state index in [9.17, 15) is 0 Å². The molecule has 1 aliphatic heterocycles. The van der Waals surface area contributed by atoms with Crippen molar-refractivity contribution in [2.45, 2.75) is 52.4 Å². The van der Waals surface area contributed by atoms with E-state index in [-0.39, 0.29) is 0 Å². The van der Waals surface area contributed by atoms with Crippen molar-refractivity contribution in [2.24, 2.45) is 0 Å². The Labute approximate surface area is 174 Å². The van der Waals surface area contributed by atoms with E-state index < -0.39 is 30.4 Å². The van der Waals surface area contributed by atoms with Gasteiger partial charge in [0.05, 0.1) is 23.0 Å². The zero-order valence-electron chi connectivity index (χ0n) is 17.6. The van der Waals surface area contributed by atoms with Crippen LogP contribution in [0.5, 0.6) is 0 Å². The molecule has 140 valence electrons. The molecule has 0 radical (unpaired) electrons. The van der Waals surface area contributed by atoms with Gasteiger partial charge in [-0.25, -0.2) is 0 Å². The van der Waals surface area contributed by atoms with Crippen molar-refractivity contribution in [3.63, 3.8) is 0 Å². The maximum Gasteiger partial charge on any atom is 0.138 e. The Bertz CT molecular complexity index is 621. The minimum absolute atomic E-state index is 0.890. The lowest BCUT2D eigenvalue weighted by Crippen LogP contribution is -2.53. The molecule has 0 unspecified atom stereocenters. The van der Waals surface area contributed by atoms with Crippen LogP contribution >= 0.6 is 23.5 Å². The minimum atomic E-state index is -1.58. The number of hydrogen-bond donors (Lipinski definition) is 0. The van der Waals surface area contributed by atoms with E-state index in [1.54, 1.807) is 0 Å². The van der Waals surface area contributed by atoms with Crippen molar-refractivity contribution in [3.8, 4) is 45.9 Å². The molecule has 0 aliphatic carbocycles. The lowest BCUT2D eigenvalue weighted by Gasteiger charge is -2.28. The van der Waals surface area contributed by atoms with Crippen LogP contribution in [-0.4, -0.2) is 53.4 Å². The van der Waals surface area contributed by atoms with Gasteiger partial charge in [0.1, 0.15) is 30.4 Å². The molecule has 26 heavy (non-hydrogen) atoms. The molecule has 0 N–H and O–H groups in total. The van der Waals surface area contributed by atoms with Crippen LogP contribution in [-0.2, 0) is 0 Å². The van der Waals surface area contributed by atoms with Crippen molar-refractivity contribution in [3.05, 3.63) is 0 Å². The van der Waals surface area contributed by atoms with Gasteiger partial charge in [0, 0.05) is 0 Å². The van der Waals surface area contributed by atoms with Crippen molar-refractivity contribution in [2.75, 3.05) is 23.0 Å². The van der Waals surface area contributed by atoms with Gasteiger partial charge in [0.2, 0.25) is 0 Å². The number of hydrogen-bond acceptors (Lipinski definition) is 2. The standard InChI is InChI=1S/C20H32S2Si4/c1-23(2)17-9-13-21-15-11-19-25(5,6)26(7,8)20-12-16-22-14-10-18-24(23,3)4/h13-16H2,1-8H3. The van der Waals surface area contributed by atoms with Gasteiger partial charge in [-0.3, -0.25) is 0 Å². The van der Waals surface area contributed by atoms with E-state index in [1.165, 1.54) is 0 Å². The predicted molar refractivity (Wildman–Crippen MR) is 136 cm³/mol. The fraction of sp³-hybridized carbons (Fsp3) is 0.600. The summed E-state index contributed by atoms with van der Waals surface area (Å²) < 4.78 is 0. The summed E-state index contributed by atoms with van der Waals surface area (Å²) >= 11 is 3.70. The zero-order valence-corrected chi connectivity index (χ0v) is 23.3. The molecule has 0 amide bonds. The van der Waals surface area contributed by atoms with Gasteiger partial charge in [-0.1, -0.05) is 76.1 Å². The topological polar surface area (TPSA) is 0 Å². The van der Waals surface area contributed by atoms with Crippen molar-refractivity contribution < 1.29 is 0 Å². The highest BCUT2D eigenvalue weighted by atomic mass is 32.2. The van der Waals surface area contributed by atoms with Crippen LogP contribution in [0.15, 0.2) is 0 Å². The summed E-state index contributed by atoms with van der Waals surface area (Å²) in [6.45, 7) is 19.1. The van der Waals surface area contributed by atoms with E-state index in [1.807, 2.05) is 23.5 Å². The molecule has 0 spiro atoms. The Kier molecular flexibility index (Phi) is 9.02. The zero-order chi connectivity index (χ0) is 19.9. The van der Waals surface area contributed by atoms with Gasteiger partial charge in [-0.2, -0.15) is 0 Å². The molecule has 0 aromatic rings. The number of rotatable bonds is 0. The molecule has 0 saturated heterocycles. The molecule has 0 saturated carbocycles. The van der Waals surface area contributed by atoms with Crippen LogP contribution in [0.1, 0.15) is 0 Å². The Morgan fingerprint density at radius 1 is 0.423 bits per heavy atom. The van der Waals surface area contributed by atoms with Gasteiger partial charge in [0.15, 0.2) is 0 Å². The Hall–Kier alpha value is -0.192. The average Bonchev–Trinajstić information content (AvgIpc) is 2.51. The first kappa shape index (κ1) is 23.8. The number of thioether (sulfide) groups is 2. The average molecular weight is 449 g/mol. The molecule has 0 fully saturated rings. The molecule has 0 atom stereocenters. The molecule has 1 heterocycles. The van der Waals surface area contributed by atoms with E-state index >= 15 is 0 Å². The van der Waals surface area contributed by atoms with Crippen LogP contribution in [0.3, 0.4) is 0 Å². The highest BCUT2D eigenvalue weighted by Gasteiger charge is 2.40. The maximum absolute atomic E-state index is 3.65. The lowest BCUT2D eigenvalue weighted by molar-refractivity contribution is 1.80. The van der Waals surface area contributed by atoms with Crippen LogP contribution in [0.25, 0.3) is 0 Å².